The van der Waals surface area contributed by atoms with E-state index in [2.05, 4.69) is 13.0 Å². The summed E-state index contributed by atoms with van der Waals surface area (Å²) < 4.78 is 25.3. The summed E-state index contributed by atoms with van der Waals surface area (Å²) in [6.07, 6.45) is 0.899. The van der Waals surface area contributed by atoms with Gasteiger partial charge in [-0.05, 0) is 30.2 Å². The first kappa shape index (κ1) is 21.7. The topological polar surface area (TPSA) is 77.4 Å². The molecule has 0 spiro atoms. The molecule has 144 valence electrons. The van der Waals surface area contributed by atoms with Crippen LogP contribution in [0.15, 0.2) is 57.7 Å². The van der Waals surface area contributed by atoms with E-state index in [9.17, 15) is 8.42 Å². The van der Waals surface area contributed by atoms with Crippen LogP contribution < -0.4 is 9.94 Å². The fourth-order valence-corrected chi connectivity index (χ4v) is 4.63. The maximum absolute atomic E-state index is 11.7. The average molecular weight is 444 g/mol. The summed E-state index contributed by atoms with van der Waals surface area (Å²) in [6.45, 7) is 2.09. The van der Waals surface area contributed by atoms with E-state index in [4.69, 9.17) is 21.7 Å². The quantitative estimate of drug-likeness (QED) is 0.653. The summed E-state index contributed by atoms with van der Waals surface area (Å²) >= 11 is 7.46. The first-order valence-corrected chi connectivity index (χ1v) is 10.7. The number of hydrogen-bond donors (Lipinski definition) is 1. The van der Waals surface area contributed by atoms with E-state index in [-0.39, 0.29) is 22.3 Å². The van der Waals surface area contributed by atoms with Crippen LogP contribution in [-0.2, 0) is 23.5 Å². The van der Waals surface area contributed by atoms with Crippen molar-refractivity contribution in [3.63, 3.8) is 0 Å². The van der Waals surface area contributed by atoms with Gasteiger partial charge in [0.1, 0.15) is 4.90 Å². The van der Waals surface area contributed by atoms with Crippen LogP contribution in [0.1, 0.15) is 12.5 Å². The highest BCUT2D eigenvalue weighted by molar-refractivity contribution is 7.89. The lowest BCUT2D eigenvalue weighted by molar-refractivity contribution is 0.598. The first-order valence-electron chi connectivity index (χ1n) is 7.91. The number of primary sulfonamides is 1. The Balaban J connectivity index is 0.00000261. The van der Waals surface area contributed by atoms with Gasteiger partial charge in [-0.1, -0.05) is 42.8 Å². The molecule has 0 aliphatic heterocycles. The second kappa shape index (κ2) is 8.58. The van der Waals surface area contributed by atoms with Crippen molar-refractivity contribution in [2.75, 3.05) is 0 Å². The van der Waals surface area contributed by atoms with E-state index in [1.165, 1.54) is 29.0 Å². The van der Waals surface area contributed by atoms with E-state index >= 15 is 0 Å². The van der Waals surface area contributed by atoms with Gasteiger partial charge in [-0.15, -0.1) is 23.7 Å². The summed E-state index contributed by atoms with van der Waals surface area (Å²) in [4.78, 5) is 5.49. The lowest BCUT2D eigenvalue weighted by Crippen LogP contribution is -2.14. The van der Waals surface area contributed by atoms with E-state index in [0.29, 0.717) is 5.56 Å². The molecule has 0 saturated carbocycles. The van der Waals surface area contributed by atoms with Crippen LogP contribution in [0.25, 0.3) is 11.3 Å². The molecule has 2 N–H and O–H groups in total. The summed E-state index contributed by atoms with van der Waals surface area (Å²) in [5.41, 5.74) is 3.65. The minimum atomic E-state index is -3.89. The number of nitrogens with two attached hydrogens (primary N) is 1. The molecule has 0 saturated heterocycles. The number of aryl methyl sites for hydroxylation is 1. The zero-order chi connectivity index (χ0) is 18.9. The lowest BCUT2D eigenvalue weighted by atomic mass is 10.1. The molecule has 9 heteroatoms. The molecular weight excluding hydrogens is 425 g/mol. The third kappa shape index (κ3) is 4.62. The van der Waals surface area contributed by atoms with Crippen molar-refractivity contribution in [3.8, 4) is 11.3 Å². The highest BCUT2D eigenvalue weighted by Gasteiger charge is 2.15. The fraction of sp³-hybridized carbons (Fsp3) is 0.167. The second-order valence-electron chi connectivity index (χ2n) is 5.75. The van der Waals surface area contributed by atoms with Gasteiger partial charge in [0, 0.05) is 18.0 Å². The molecule has 3 rings (SSSR count). The highest BCUT2D eigenvalue weighted by Crippen LogP contribution is 2.28. The number of hydrogen-bond acceptors (Lipinski definition) is 4. The van der Waals surface area contributed by atoms with Crippen molar-refractivity contribution < 1.29 is 8.42 Å². The van der Waals surface area contributed by atoms with Gasteiger partial charge >= 0.3 is 0 Å². The smallest absolute Gasteiger partial charge is 0.239 e. The van der Waals surface area contributed by atoms with Crippen LogP contribution in [0.2, 0.25) is 5.02 Å². The van der Waals surface area contributed by atoms with Crippen LogP contribution in [0.5, 0.6) is 0 Å². The van der Waals surface area contributed by atoms with Gasteiger partial charge in [-0.3, -0.25) is 0 Å². The van der Waals surface area contributed by atoms with Gasteiger partial charge in [0.05, 0.1) is 16.4 Å². The SMILES string of the molecule is CCc1ccccc1/N=c1/scc(-c2ccc(Cl)c(S(N)(=O)=O)c2)n1C.Cl. The Bertz CT molecular complexity index is 1140. The minimum Gasteiger partial charge on any atom is -0.320 e. The van der Waals surface area contributed by atoms with E-state index in [1.807, 2.05) is 35.2 Å². The minimum absolute atomic E-state index is 0. The van der Waals surface area contributed by atoms with Crippen LogP contribution in [-0.4, -0.2) is 13.0 Å². The molecular formula is C18H19Cl2N3O2S2. The summed E-state index contributed by atoms with van der Waals surface area (Å²) in [5, 5.41) is 7.29. The normalized spacial score (nSPS) is 12.1. The van der Waals surface area contributed by atoms with Crippen molar-refractivity contribution in [3.05, 3.63) is 63.2 Å². The molecule has 0 aliphatic carbocycles. The Hall–Kier alpha value is -1.64. The number of rotatable bonds is 4. The number of benzene rings is 2. The molecule has 3 aromatic rings. The molecule has 0 bridgehead atoms. The van der Waals surface area contributed by atoms with Gasteiger partial charge in [-0.2, -0.15) is 0 Å². The molecule has 0 radical (unpaired) electrons. The number of nitrogens with zero attached hydrogens (tertiary/aromatic N) is 2. The zero-order valence-corrected chi connectivity index (χ0v) is 17.9. The predicted molar refractivity (Wildman–Crippen MR) is 113 cm³/mol. The van der Waals surface area contributed by atoms with Crippen LogP contribution in [0.3, 0.4) is 0 Å². The Morgan fingerprint density at radius 3 is 2.59 bits per heavy atom. The third-order valence-electron chi connectivity index (χ3n) is 4.05. The van der Waals surface area contributed by atoms with Crippen molar-refractivity contribution in [1.29, 1.82) is 0 Å². The molecule has 5 nitrogen and oxygen atoms in total. The average Bonchev–Trinajstić information content (AvgIpc) is 2.95. The van der Waals surface area contributed by atoms with Crippen molar-refractivity contribution in [2.24, 2.45) is 17.2 Å². The molecule has 0 unspecified atom stereocenters. The Labute approximate surface area is 173 Å². The molecule has 1 heterocycles. The molecule has 0 aliphatic rings. The van der Waals surface area contributed by atoms with E-state index < -0.39 is 10.0 Å². The highest BCUT2D eigenvalue weighted by atomic mass is 35.5. The Morgan fingerprint density at radius 2 is 1.93 bits per heavy atom. The van der Waals surface area contributed by atoms with Gasteiger partial charge in [-0.25, -0.2) is 18.5 Å². The summed E-state index contributed by atoms with van der Waals surface area (Å²) in [6, 6.07) is 12.8. The first-order chi connectivity index (χ1) is 12.3. The van der Waals surface area contributed by atoms with Crippen molar-refractivity contribution in [1.82, 2.24) is 4.57 Å². The zero-order valence-electron chi connectivity index (χ0n) is 14.7. The monoisotopic (exact) mass is 443 g/mol. The lowest BCUT2D eigenvalue weighted by Gasteiger charge is -2.07. The predicted octanol–water partition coefficient (Wildman–Crippen LogP) is 4.27. The van der Waals surface area contributed by atoms with Gasteiger partial charge in [0.2, 0.25) is 10.0 Å². The standard InChI is InChI=1S/C18H18ClN3O2S2.ClH/c1-3-12-6-4-5-7-15(12)21-18-22(2)16(11-25-18)13-8-9-14(19)17(10-13)26(20,23)24;/h4-11H,3H2,1-2H3,(H2,20,23,24);1H/b21-18+;. The van der Waals surface area contributed by atoms with E-state index in [0.717, 1.165) is 22.6 Å². The van der Waals surface area contributed by atoms with Crippen molar-refractivity contribution in [2.45, 2.75) is 18.2 Å². The summed E-state index contributed by atoms with van der Waals surface area (Å²) in [7, 11) is -2.00. The number of sulfonamides is 1. The molecule has 0 atom stereocenters. The molecule has 1 aromatic heterocycles. The summed E-state index contributed by atoms with van der Waals surface area (Å²) in [5.74, 6) is 0. The number of thiazole rings is 1. The fourth-order valence-electron chi connectivity index (χ4n) is 2.64. The molecule has 2 aromatic carbocycles. The van der Waals surface area contributed by atoms with Crippen molar-refractivity contribution >= 4 is 51.1 Å². The number of halogens is 2. The second-order valence-corrected chi connectivity index (χ2v) is 8.52. The van der Waals surface area contributed by atoms with Gasteiger partial charge in [0.15, 0.2) is 4.80 Å². The maximum atomic E-state index is 11.7. The Morgan fingerprint density at radius 1 is 1.22 bits per heavy atom. The van der Waals surface area contributed by atoms with Gasteiger partial charge < -0.3 is 4.57 Å². The van der Waals surface area contributed by atoms with Gasteiger partial charge in [0.25, 0.3) is 0 Å². The maximum Gasteiger partial charge on any atom is 0.239 e. The largest absolute Gasteiger partial charge is 0.320 e. The van der Waals surface area contributed by atoms with Crippen LogP contribution in [0, 0.1) is 0 Å². The van der Waals surface area contributed by atoms with Crippen LogP contribution in [0.4, 0.5) is 5.69 Å². The Kier molecular flexibility index (Phi) is 6.88. The number of para-hydroxylation sites is 1. The van der Waals surface area contributed by atoms with E-state index in [1.54, 1.807) is 6.07 Å². The van der Waals surface area contributed by atoms with Crippen LogP contribution >= 0.6 is 35.3 Å². The third-order valence-corrected chi connectivity index (χ3v) is 6.36. The molecule has 27 heavy (non-hydrogen) atoms. The number of aromatic nitrogens is 1. The molecule has 0 amide bonds. The molecule has 0 fully saturated rings.